The molecule has 0 radical (unpaired) electrons. The van der Waals surface area contributed by atoms with Crippen molar-refractivity contribution in [1.29, 1.82) is 0 Å². The Morgan fingerprint density at radius 2 is 1.46 bits per heavy atom. The van der Waals surface area contributed by atoms with E-state index in [4.69, 9.17) is 15.7 Å². The second kappa shape index (κ2) is 9.31. The minimum absolute atomic E-state index is 0.307. The summed E-state index contributed by atoms with van der Waals surface area (Å²) in [6.07, 6.45) is 10.1. The van der Waals surface area contributed by atoms with E-state index in [9.17, 15) is 0 Å². The topological polar surface area (TPSA) is 81.1 Å². The van der Waals surface area contributed by atoms with Crippen LogP contribution in [0.25, 0.3) is 39.3 Å². The fourth-order valence-electron chi connectivity index (χ4n) is 4.88. The van der Waals surface area contributed by atoms with Crippen LogP contribution >= 0.6 is 0 Å². The first-order valence-corrected chi connectivity index (χ1v) is 12.2. The van der Waals surface area contributed by atoms with Gasteiger partial charge in [0.15, 0.2) is 0 Å². The van der Waals surface area contributed by atoms with Gasteiger partial charge in [0.2, 0.25) is 5.95 Å². The molecule has 6 nitrogen and oxygen atoms in total. The zero-order valence-electron chi connectivity index (χ0n) is 19.5. The highest BCUT2D eigenvalue weighted by Crippen LogP contribution is 2.33. The Bertz CT molecular complexity index is 1440. The lowest BCUT2D eigenvalue weighted by Crippen LogP contribution is -2.33. The highest BCUT2D eigenvalue weighted by molar-refractivity contribution is 5.81. The van der Waals surface area contributed by atoms with Gasteiger partial charge in [0.05, 0.1) is 11.9 Å². The molecule has 1 fully saturated rings. The van der Waals surface area contributed by atoms with Crippen LogP contribution in [0, 0.1) is 0 Å². The molecule has 6 rings (SSSR count). The van der Waals surface area contributed by atoms with E-state index >= 15 is 0 Å². The van der Waals surface area contributed by atoms with Crippen LogP contribution in [0.1, 0.15) is 25.7 Å². The molecule has 0 atom stereocenters. The van der Waals surface area contributed by atoms with Gasteiger partial charge >= 0.3 is 0 Å². The molecule has 1 aliphatic carbocycles. The molecule has 0 saturated heterocycles. The molecule has 6 heteroatoms. The monoisotopic (exact) mass is 460 g/mol. The summed E-state index contributed by atoms with van der Waals surface area (Å²) in [4.78, 5) is 14.4. The van der Waals surface area contributed by atoms with Gasteiger partial charge in [-0.05, 0) is 54.5 Å². The highest BCUT2D eigenvalue weighted by atomic mass is 15.1. The van der Waals surface area contributed by atoms with Crippen molar-refractivity contribution in [1.82, 2.24) is 19.4 Å². The van der Waals surface area contributed by atoms with Crippen molar-refractivity contribution in [2.24, 2.45) is 5.73 Å². The van der Waals surface area contributed by atoms with Gasteiger partial charge in [0, 0.05) is 30.0 Å². The Morgan fingerprint density at radius 3 is 2.20 bits per heavy atom. The quantitative estimate of drug-likeness (QED) is 0.346. The molecule has 0 bridgehead atoms. The highest BCUT2D eigenvalue weighted by Gasteiger charge is 2.21. The Labute approximate surface area is 204 Å². The third-order valence-corrected chi connectivity index (χ3v) is 6.83. The summed E-state index contributed by atoms with van der Waals surface area (Å²) in [7, 11) is 0. The number of benzene rings is 2. The maximum absolute atomic E-state index is 6.10. The number of aromatic nitrogens is 4. The van der Waals surface area contributed by atoms with Crippen LogP contribution in [0.3, 0.4) is 0 Å². The third-order valence-electron chi connectivity index (χ3n) is 6.83. The van der Waals surface area contributed by atoms with Crippen LogP contribution in [0.4, 0.5) is 5.95 Å². The molecule has 3 heterocycles. The number of hydrogen-bond donors (Lipinski definition) is 2. The average molecular weight is 461 g/mol. The van der Waals surface area contributed by atoms with E-state index in [-0.39, 0.29) is 0 Å². The number of pyridine rings is 1. The van der Waals surface area contributed by atoms with Gasteiger partial charge in [-0.25, -0.2) is 15.0 Å². The lowest BCUT2D eigenvalue weighted by molar-refractivity contribution is 0.410. The summed E-state index contributed by atoms with van der Waals surface area (Å²) in [5.41, 5.74) is 13.1. The number of imidazole rings is 1. The van der Waals surface area contributed by atoms with Gasteiger partial charge < -0.3 is 11.1 Å². The predicted octanol–water partition coefficient (Wildman–Crippen LogP) is 5.81. The van der Waals surface area contributed by atoms with Gasteiger partial charge in [-0.15, -0.1) is 0 Å². The molecule has 35 heavy (non-hydrogen) atoms. The molecular formula is C29H28N6. The van der Waals surface area contributed by atoms with Crippen LogP contribution in [0.5, 0.6) is 0 Å². The van der Waals surface area contributed by atoms with Crippen molar-refractivity contribution in [2.45, 2.75) is 37.8 Å². The van der Waals surface area contributed by atoms with E-state index in [0.717, 1.165) is 65.0 Å². The van der Waals surface area contributed by atoms with Gasteiger partial charge in [-0.3, -0.25) is 4.40 Å². The average Bonchev–Trinajstić information content (AvgIpc) is 3.34. The number of hydrogen-bond acceptors (Lipinski definition) is 5. The largest absolute Gasteiger partial charge is 0.351 e. The standard InChI is InChI=1S/C29H28N6/c30-23-12-14-24(15-13-23)33-29-32-17-25(21-9-5-2-6-10-21)28(34-29)26-18-31-27-16-11-22(19-35(26)27)20-7-3-1-4-8-20/h1-11,16-19,23-24H,12-15,30H2,(H,32,33,34)/t23-,24-. The van der Waals surface area contributed by atoms with Gasteiger partial charge in [0.25, 0.3) is 0 Å². The zero-order chi connectivity index (χ0) is 23.6. The minimum atomic E-state index is 0.307. The molecule has 1 aliphatic rings. The fraction of sp³-hybridized carbons (Fsp3) is 0.207. The maximum Gasteiger partial charge on any atom is 0.223 e. The molecule has 3 N–H and O–H groups in total. The van der Waals surface area contributed by atoms with Crippen LogP contribution in [-0.2, 0) is 0 Å². The lowest BCUT2D eigenvalue weighted by atomic mass is 9.92. The van der Waals surface area contributed by atoms with Crippen LogP contribution < -0.4 is 11.1 Å². The van der Waals surface area contributed by atoms with Crippen LogP contribution in [0.2, 0.25) is 0 Å². The van der Waals surface area contributed by atoms with E-state index in [2.05, 4.69) is 69.4 Å². The first-order valence-electron chi connectivity index (χ1n) is 12.2. The van der Waals surface area contributed by atoms with E-state index in [1.807, 2.05) is 36.7 Å². The Morgan fingerprint density at radius 1 is 0.743 bits per heavy atom. The maximum atomic E-state index is 6.10. The molecule has 0 unspecified atom stereocenters. The minimum Gasteiger partial charge on any atom is -0.351 e. The Kier molecular flexibility index (Phi) is 5.72. The molecule has 0 spiro atoms. The number of anilines is 1. The summed E-state index contributed by atoms with van der Waals surface area (Å²) >= 11 is 0. The lowest BCUT2D eigenvalue weighted by Gasteiger charge is -2.27. The second-order valence-corrected chi connectivity index (χ2v) is 9.23. The van der Waals surface area contributed by atoms with Gasteiger partial charge in [0.1, 0.15) is 11.3 Å². The molecule has 2 aromatic carbocycles. The van der Waals surface area contributed by atoms with Crippen molar-refractivity contribution < 1.29 is 0 Å². The molecule has 5 aromatic rings. The predicted molar refractivity (Wildman–Crippen MR) is 141 cm³/mol. The van der Waals surface area contributed by atoms with Crippen molar-refractivity contribution in [3.63, 3.8) is 0 Å². The summed E-state index contributed by atoms with van der Waals surface area (Å²) in [5.74, 6) is 0.648. The summed E-state index contributed by atoms with van der Waals surface area (Å²) in [5, 5.41) is 3.56. The number of nitrogens with one attached hydrogen (secondary N) is 1. The van der Waals surface area contributed by atoms with Gasteiger partial charge in [-0.2, -0.15) is 0 Å². The van der Waals surface area contributed by atoms with Crippen molar-refractivity contribution in [3.8, 4) is 33.6 Å². The number of rotatable bonds is 5. The normalized spacial score (nSPS) is 18.0. The SMILES string of the molecule is N[C@H]1CC[C@H](Nc2ncc(-c3ccccc3)c(-c3cnc4ccc(-c5ccccc5)cn34)n2)CC1. The molecule has 0 amide bonds. The summed E-state index contributed by atoms with van der Waals surface area (Å²) in [6.45, 7) is 0. The van der Waals surface area contributed by atoms with E-state index < -0.39 is 0 Å². The first-order chi connectivity index (χ1) is 17.2. The molecule has 0 aliphatic heterocycles. The van der Waals surface area contributed by atoms with Crippen LogP contribution in [0.15, 0.2) is 91.4 Å². The molecule has 1 saturated carbocycles. The molecular weight excluding hydrogens is 432 g/mol. The van der Waals surface area contributed by atoms with Crippen molar-refractivity contribution >= 4 is 11.6 Å². The van der Waals surface area contributed by atoms with E-state index in [1.165, 1.54) is 0 Å². The summed E-state index contributed by atoms with van der Waals surface area (Å²) < 4.78 is 2.13. The fourth-order valence-corrected chi connectivity index (χ4v) is 4.88. The van der Waals surface area contributed by atoms with Crippen molar-refractivity contribution in [3.05, 3.63) is 91.4 Å². The number of fused-ring (bicyclic) bond motifs is 1. The first kappa shape index (κ1) is 21.5. The third kappa shape index (κ3) is 4.40. The van der Waals surface area contributed by atoms with E-state index in [1.54, 1.807) is 0 Å². The molecule has 174 valence electrons. The number of nitrogens with two attached hydrogens (primary N) is 1. The second-order valence-electron chi connectivity index (χ2n) is 9.23. The van der Waals surface area contributed by atoms with Gasteiger partial charge in [-0.1, -0.05) is 60.7 Å². The Balaban J connectivity index is 1.45. The smallest absolute Gasteiger partial charge is 0.223 e. The van der Waals surface area contributed by atoms with Crippen molar-refractivity contribution in [2.75, 3.05) is 5.32 Å². The summed E-state index contributed by atoms with van der Waals surface area (Å²) in [6, 6.07) is 25.5. The molecule has 3 aromatic heterocycles. The van der Waals surface area contributed by atoms with E-state index in [0.29, 0.717) is 18.0 Å². The Hall–Kier alpha value is -4.03. The van der Waals surface area contributed by atoms with Crippen LogP contribution in [-0.4, -0.2) is 31.4 Å². The number of nitrogens with zero attached hydrogens (tertiary/aromatic N) is 4. The zero-order valence-corrected chi connectivity index (χ0v) is 19.5.